The molecule has 1 rings (SSSR count). The number of amides is 1. The molecule has 1 aromatic rings. The van der Waals surface area contributed by atoms with Gasteiger partial charge in [0.25, 0.3) is 0 Å². The first-order chi connectivity index (χ1) is 6.27. The summed E-state index contributed by atoms with van der Waals surface area (Å²) < 4.78 is 0. The Balaban J connectivity index is 2.78. The van der Waals surface area contributed by atoms with E-state index >= 15 is 0 Å². The van der Waals surface area contributed by atoms with E-state index in [0.29, 0.717) is 6.41 Å². The monoisotopic (exact) mass is 181 g/mol. The van der Waals surface area contributed by atoms with E-state index in [9.17, 15) is 9.90 Å². The van der Waals surface area contributed by atoms with Gasteiger partial charge in [-0.15, -0.1) is 0 Å². The van der Waals surface area contributed by atoms with Gasteiger partial charge in [-0.2, -0.15) is 5.48 Å². The Kier molecular flexibility index (Phi) is 3.14. The molecule has 0 aliphatic heterocycles. The third-order valence-corrected chi connectivity index (χ3v) is 1.65. The molecule has 4 nitrogen and oxygen atoms in total. The molecule has 0 saturated heterocycles. The largest absolute Gasteiger partial charge is 0.504 e. The van der Waals surface area contributed by atoms with Crippen LogP contribution in [0.4, 0.5) is 0 Å². The second-order valence-corrected chi connectivity index (χ2v) is 2.49. The minimum absolute atomic E-state index is 0.0219. The highest BCUT2D eigenvalue weighted by atomic mass is 16.7. The quantitative estimate of drug-likeness (QED) is 0.538. The lowest BCUT2D eigenvalue weighted by molar-refractivity contribution is -0.115. The van der Waals surface area contributed by atoms with Crippen LogP contribution in [0.5, 0.6) is 11.5 Å². The molecule has 0 spiro atoms. The summed E-state index contributed by atoms with van der Waals surface area (Å²) in [6, 6.07) is 5.02. The standard InChI is InChI=1S/C9H11NO3/c1-2-7-3-4-9(8(12)5-7)13-10-6-11/h3-6,12H,2H2,1H3,(H,10,11). The van der Waals surface area contributed by atoms with Gasteiger partial charge in [-0.05, 0) is 24.1 Å². The van der Waals surface area contributed by atoms with Gasteiger partial charge < -0.3 is 9.94 Å². The third-order valence-electron chi connectivity index (χ3n) is 1.65. The molecule has 1 aromatic carbocycles. The first-order valence-corrected chi connectivity index (χ1v) is 3.95. The molecule has 0 aliphatic carbocycles. The smallest absolute Gasteiger partial charge is 0.239 e. The van der Waals surface area contributed by atoms with E-state index in [2.05, 4.69) is 0 Å². The summed E-state index contributed by atoms with van der Waals surface area (Å²) in [5, 5.41) is 9.37. The summed E-state index contributed by atoms with van der Waals surface area (Å²) >= 11 is 0. The van der Waals surface area contributed by atoms with Gasteiger partial charge in [-0.1, -0.05) is 13.0 Å². The Morgan fingerprint density at radius 2 is 2.38 bits per heavy atom. The molecule has 0 unspecified atom stereocenters. The van der Waals surface area contributed by atoms with Crippen LogP contribution in [0.25, 0.3) is 0 Å². The molecule has 0 heterocycles. The number of hydroxylamine groups is 1. The number of aryl methyl sites for hydroxylation is 1. The van der Waals surface area contributed by atoms with Crippen molar-refractivity contribution in [2.75, 3.05) is 0 Å². The Bertz CT molecular complexity index is 299. The van der Waals surface area contributed by atoms with Gasteiger partial charge in [-0.25, -0.2) is 0 Å². The van der Waals surface area contributed by atoms with Crippen molar-refractivity contribution in [1.29, 1.82) is 0 Å². The van der Waals surface area contributed by atoms with Crippen LogP contribution in [0.3, 0.4) is 0 Å². The van der Waals surface area contributed by atoms with Crippen molar-refractivity contribution < 1.29 is 14.7 Å². The second kappa shape index (κ2) is 4.35. The highest BCUT2D eigenvalue weighted by Crippen LogP contribution is 2.25. The van der Waals surface area contributed by atoms with E-state index in [1.807, 2.05) is 18.5 Å². The molecule has 13 heavy (non-hydrogen) atoms. The van der Waals surface area contributed by atoms with Gasteiger partial charge in [0.05, 0.1) is 0 Å². The number of carbonyl (C=O) groups excluding carboxylic acids is 1. The summed E-state index contributed by atoms with van der Waals surface area (Å²) in [6.45, 7) is 1.99. The van der Waals surface area contributed by atoms with E-state index in [1.54, 1.807) is 12.1 Å². The Morgan fingerprint density at radius 3 is 2.92 bits per heavy atom. The predicted molar refractivity (Wildman–Crippen MR) is 47.3 cm³/mol. The van der Waals surface area contributed by atoms with Crippen molar-refractivity contribution >= 4 is 6.41 Å². The number of hydrogen-bond donors (Lipinski definition) is 2. The first-order valence-electron chi connectivity index (χ1n) is 3.95. The Morgan fingerprint density at radius 1 is 1.62 bits per heavy atom. The lowest BCUT2D eigenvalue weighted by Gasteiger charge is -2.05. The summed E-state index contributed by atoms with van der Waals surface area (Å²) in [4.78, 5) is 14.6. The zero-order chi connectivity index (χ0) is 9.68. The lowest BCUT2D eigenvalue weighted by Crippen LogP contribution is -2.15. The number of rotatable bonds is 4. The average Bonchev–Trinajstić information content (AvgIpc) is 2.16. The topological polar surface area (TPSA) is 58.6 Å². The van der Waals surface area contributed by atoms with Gasteiger partial charge in [-0.3, -0.25) is 4.79 Å². The fourth-order valence-corrected chi connectivity index (χ4v) is 0.957. The van der Waals surface area contributed by atoms with Crippen molar-refractivity contribution in [2.24, 2.45) is 0 Å². The van der Waals surface area contributed by atoms with Crippen LogP contribution in [-0.2, 0) is 11.2 Å². The molecule has 70 valence electrons. The lowest BCUT2D eigenvalue weighted by atomic mass is 10.1. The molecule has 0 saturated carbocycles. The van der Waals surface area contributed by atoms with Crippen LogP contribution < -0.4 is 10.3 Å². The van der Waals surface area contributed by atoms with Gasteiger partial charge in [0.15, 0.2) is 11.5 Å². The molecular weight excluding hydrogens is 170 g/mol. The van der Waals surface area contributed by atoms with Gasteiger partial charge in [0.1, 0.15) is 0 Å². The van der Waals surface area contributed by atoms with E-state index in [0.717, 1.165) is 12.0 Å². The molecular formula is C9H11NO3. The normalized spacial score (nSPS) is 9.31. The Hall–Kier alpha value is -1.71. The fraction of sp³-hybridized carbons (Fsp3) is 0.222. The number of benzene rings is 1. The van der Waals surface area contributed by atoms with Gasteiger partial charge in [0.2, 0.25) is 6.41 Å². The highest BCUT2D eigenvalue weighted by Gasteiger charge is 2.02. The number of nitrogens with one attached hydrogen (secondary N) is 1. The number of hydrogen-bond acceptors (Lipinski definition) is 3. The summed E-state index contributed by atoms with van der Waals surface area (Å²) in [5.74, 6) is 0.262. The van der Waals surface area contributed by atoms with Crippen LogP contribution in [0.15, 0.2) is 18.2 Å². The SMILES string of the molecule is CCc1ccc(ONC=O)c(O)c1. The zero-order valence-corrected chi connectivity index (χ0v) is 7.28. The van der Waals surface area contributed by atoms with E-state index < -0.39 is 0 Å². The van der Waals surface area contributed by atoms with Crippen LogP contribution in [0, 0.1) is 0 Å². The molecule has 0 atom stereocenters. The minimum atomic E-state index is 0.0219. The van der Waals surface area contributed by atoms with Crippen LogP contribution in [0.1, 0.15) is 12.5 Å². The summed E-state index contributed by atoms with van der Waals surface area (Å²) in [6.07, 6.45) is 1.24. The second-order valence-electron chi connectivity index (χ2n) is 2.49. The Labute approximate surface area is 76.1 Å². The third kappa shape index (κ3) is 2.37. The summed E-state index contributed by atoms with van der Waals surface area (Å²) in [7, 11) is 0. The van der Waals surface area contributed by atoms with Crippen molar-refractivity contribution in [3.8, 4) is 11.5 Å². The molecule has 2 N–H and O–H groups in total. The molecule has 0 fully saturated rings. The molecule has 0 radical (unpaired) electrons. The van der Waals surface area contributed by atoms with Crippen molar-refractivity contribution in [2.45, 2.75) is 13.3 Å². The van der Waals surface area contributed by atoms with Crippen molar-refractivity contribution in [1.82, 2.24) is 5.48 Å². The first kappa shape index (κ1) is 9.38. The number of carbonyl (C=O) groups is 1. The maximum Gasteiger partial charge on any atom is 0.239 e. The fourth-order valence-electron chi connectivity index (χ4n) is 0.957. The van der Waals surface area contributed by atoms with Gasteiger partial charge >= 0.3 is 0 Å². The maximum atomic E-state index is 9.89. The van der Waals surface area contributed by atoms with E-state index in [4.69, 9.17) is 4.84 Å². The van der Waals surface area contributed by atoms with Gasteiger partial charge in [0, 0.05) is 0 Å². The average molecular weight is 181 g/mol. The molecule has 0 bridgehead atoms. The predicted octanol–water partition coefficient (Wildman–Crippen LogP) is 0.994. The van der Waals surface area contributed by atoms with Crippen molar-refractivity contribution in [3.05, 3.63) is 23.8 Å². The zero-order valence-electron chi connectivity index (χ0n) is 7.28. The minimum Gasteiger partial charge on any atom is -0.504 e. The maximum absolute atomic E-state index is 9.89. The molecule has 1 amide bonds. The number of aromatic hydroxyl groups is 1. The molecule has 0 aromatic heterocycles. The van der Waals surface area contributed by atoms with E-state index in [1.165, 1.54) is 0 Å². The molecule has 4 heteroatoms. The van der Waals surface area contributed by atoms with Crippen LogP contribution >= 0.6 is 0 Å². The highest BCUT2D eigenvalue weighted by molar-refractivity contribution is 5.46. The number of phenols is 1. The number of phenolic OH excluding ortho intramolecular Hbond substituents is 1. The van der Waals surface area contributed by atoms with Crippen LogP contribution in [0.2, 0.25) is 0 Å². The van der Waals surface area contributed by atoms with Crippen LogP contribution in [-0.4, -0.2) is 11.5 Å². The summed E-state index contributed by atoms with van der Waals surface area (Å²) in [5.41, 5.74) is 3.01. The molecule has 0 aliphatic rings. The van der Waals surface area contributed by atoms with Crippen molar-refractivity contribution in [3.63, 3.8) is 0 Å². The van der Waals surface area contributed by atoms with E-state index in [-0.39, 0.29) is 11.5 Å².